The van der Waals surface area contributed by atoms with Crippen LogP contribution in [0.25, 0.3) is 0 Å². The topological polar surface area (TPSA) is 37.8 Å². The maximum Gasteiger partial charge on any atom is 0.202 e. The molecule has 3 nitrogen and oxygen atoms in total. The SMILES string of the molecule is CC(C)CNc1nc(C2(c3ccccc3)CCCC2)ns1. The van der Waals surface area contributed by atoms with Crippen molar-refractivity contribution in [2.45, 2.75) is 44.9 Å². The third-order valence-electron chi connectivity index (χ3n) is 4.30. The highest BCUT2D eigenvalue weighted by atomic mass is 32.1. The molecule has 0 atom stereocenters. The molecule has 1 aliphatic rings. The Labute approximate surface area is 131 Å². The second kappa shape index (κ2) is 6.14. The maximum atomic E-state index is 4.81. The van der Waals surface area contributed by atoms with Gasteiger partial charge >= 0.3 is 0 Å². The van der Waals surface area contributed by atoms with E-state index < -0.39 is 0 Å². The van der Waals surface area contributed by atoms with E-state index in [2.05, 4.69) is 49.5 Å². The molecule has 0 unspecified atom stereocenters. The molecule has 1 N–H and O–H groups in total. The number of nitrogens with one attached hydrogen (secondary N) is 1. The molecule has 112 valence electrons. The van der Waals surface area contributed by atoms with Crippen molar-refractivity contribution in [3.8, 4) is 0 Å². The molecule has 0 amide bonds. The number of benzene rings is 1. The number of nitrogens with zero attached hydrogens (tertiary/aromatic N) is 2. The van der Waals surface area contributed by atoms with E-state index in [1.807, 2.05) is 0 Å². The minimum Gasteiger partial charge on any atom is -0.360 e. The van der Waals surface area contributed by atoms with E-state index in [0.29, 0.717) is 5.92 Å². The predicted octanol–water partition coefficient (Wildman–Crippen LogP) is 4.47. The van der Waals surface area contributed by atoms with Gasteiger partial charge in [0.25, 0.3) is 0 Å². The fourth-order valence-corrected chi connectivity index (χ4v) is 3.82. The van der Waals surface area contributed by atoms with E-state index in [0.717, 1.165) is 30.3 Å². The molecule has 1 aromatic heterocycles. The largest absolute Gasteiger partial charge is 0.360 e. The second-order valence-corrected chi connectivity index (χ2v) is 7.10. The van der Waals surface area contributed by atoms with Crippen LogP contribution in [0.15, 0.2) is 30.3 Å². The standard InChI is InChI=1S/C17H23N3S/c1-13(2)12-18-16-19-15(20-21-16)17(10-6-7-11-17)14-8-4-3-5-9-14/h3-5,8-9,13H,6-7,10-12H2,1-2H3,(H,18,19,20). The van der Waals surface area contributed by atoms with Crippen LogP contribution in [0, 0.1) is 5.92 Å². The second-order valence-electron chi connectivity index (χ2n) is 6.35. The summed E-state index contributed by atoms with van der Waals surface area (Å²) < 4.78 is 4.69. The highest BCUT2D eigenvalue weighted by molar-refractivity contribution is 7.09. The summed E-state index contributed by atoms with van der Waals surface area (Å²) in [5.74, 6) is 1.63. The zero-order valence-electron chi connectivity index (χ0n) is 12.8. The van der Waals surface area contributed by atoms with Crippen LogP contribution in [0.2, 0.25) is 0 Å². The minimum atomic E-state index is 0.0372. The van der Waals surface area contributed by atoms with Gasteiger partial charge in [0.1, 0.15) is 0 Å². The summed E-state index contributed by atoms with van der Waals surface area (Å²) in [7, 11) is 0. The molecule has 0 spiro atoms. The lowest BCUT2D eigenvalue weighted by molar-refractivity contribution is 0.507. The first kappa shape index (κ1) is 14.5. The van der Waals surface area contributed by atoms with E-state index in [4.69, 9.17) is 9.36 Å². The average Bonchev–Trinajstić information content (AvgIpc) is 3.16. The van der Waals surface area contributed by atoms with Gasteiger partial charge in [-0.15, -0.1) is 0 Å². The average molecular weight is 301 g/mol. The van der Waals surface area contributed by atoms with Gasteiger partial charge in [-0.25, -0.2) is 4.98 Å². The van der Waals surface area contributed by atoms with Gasteiger partial charge in [0.2, 0.25) is 5.13 Å². The van der Waals surface area contributed by atoms with Crippen LogP contribution in [0.1, 0.15) is 50.9 Å². The number of aromatic nitrogens is 2. The maximum absolute atomic E-state index is 4.81. The van der Waals surface area contributed by atoms with Crippen LogP contribution in [0.5, 0.6) is 0 Å². The fourth-order valence-electron chi connectivity index (χ4n) is 3.16. The Kier molecular flexibility index (Phi) is 4.24. The smallest absolute Gasteiger partial charge is 0.202 e. The Balaban J connectivity index is 1.88. The number of hydrogen-bond donors (Lipinski definition) is 1. The first-order valence-electron chi connectivity index (χ1n) is 7.84. The fraction of sp³-hybridized carbons (Fsp3) is 0.529. The van der Waals surface area contributed by atoms with Crippen LogP contribution in [-0.2, 0) is 5.41 Å². The third kappa shape index (κ3) is 2.95. The zero-order chi connectivity index (χ0) is 14.7. The van der Waals surface area contributed by atoms with E-state index >= 15 is 0 Å². The molecule has 0 saturated heterocycles. The van der Waals surface area contributed by atoms with Gasteiger partial charge in [0.15, 0.2) is 5.82 Å². The quantitative estimate of drug-likeness (QED) is 0.885. The first-order valence-corrected chi connectivity index (χ1v) is 8.62. The van der Waals surface area contributed by atoms with Gasteiger partial charge in [0.05, 0.1) is 5.41 Å². The van der Waals surface area contributed by atoms with Crippen molar-refractivity contribution >= 4 is 16.7 Å². The van der Waals surface area contributed by atoms with Gasteiger partial charge in [-0.3, -0.25) is 0 Å². The lowest BCUT2D eigenvalue weighted by atomic mass is 9.78. The molecule has 0 radical (unpaired) electrons. The molecular formula is C17H23N3S. The highest BCUT2D eigenvalue weighted by Crippen LogP contribution is 2.45. The molecule has 1 heterocycles. The Morgan fingerprint density at radius 2 is 1.90 bits per heavy atom. The molecule has 0 bridgehead atoms. The number of hydrogen-bond acceptors (Lipinski definition) is 4. The normalized spacial score (nSPS) is 17.3. The molecule has 1 aliphatic carbocycles. The predicted molar refractivity (Wildman–Crippen MR) is 88.9 cm³/mol. The molecular weight excluding hydrogens is 278 g/mol. The molecule has 1 aromatic carbocycles. The minimum absolute atomic E-state index is 0.0372. The van der Waals surface area contributed by atoms with Crippen LogP contribution >= 0.6 is 11.5 Å². The summed E-state index contributed by atoms with van der Waals surface area (Å²) in [5, 5.41) is 4.36. The Morgan fingerprint density at radius 3 is 2.57 bits per heavy atom. The van der Waals surface area contributed by atoms with Crippen molar-refractivity contribution in [2.75, 3.05) is 11.9 Å². The van der Waals surface area contributed by atoms with Gasteiger partial charge in [-0.05, 0) is 24.3 Å². The summed E-state index contributed by atoms with van der Waals surface area (Å²) in [6.45, 7) is 5.36. The van der Waals surface area contributed by atoms with Gasteiger partial charge in [-0.1, -0.05) is 57.0 Å². The Hall–Kier alpha value is -1.42. The third-order valence-corrected chi connectivity index (χ3v) is 4.97. The zero-order valence-corrected chi connectivity index (χ0v) is 13.6. The van der Waals surface area contributed by atoms with Crippen molar-refractivity contribution in [3.05, 3.63) is 41.7 Å². The lowest BCUT2D eigenvalue weighted by Crippen LogP contribution is -2.25. The molecule has 2 aromatic rings. The van der Waals surface area contributed by atoms with Crippen LogP contribution in [0.3, 0.4) is 0 Å². The summed E-state index contributed by atoms with van der Waals surface area (Å²) in [6, 6.07) is 10.8. The van der Waals surface area contributed by atoms with Crippen molar-refractivity contribution in [1.82, 2.24) is 9.36 Å². The van der Waals surface area contributed by atoms with Crippen LogP contribution < -0.4 is 5.32 Å². The summed E-state index contributed by atoms with van der Waals surface area (Å²) in [4.78, 5) is 4.81. The molecule has 1 saturated carbocycles. The van der Waals surface area contributed by atoms with Crippen molar-refractivity contribution in [1.29, 1.82) is 0 Å². The molecule has 4 heteroatoms. The summed E-state index contributed by atoms with van der Waals surface area (Å²) in [6.07, 6.45) is 4.86. The molecule has 0 aliphatic heterocycles. The molecule has 21 heavy (non-hydrogen) atoms. The molecule has 1 fully saturated rings. The van der Waals surface area contributed by atoms with E-state index in [1.54, 1.807) is 0 Å². The number of anilines is 1. The van der Waals surface area contributed by atoms with E-state index in [1.165, 1.54) is 29.9 Å². The van der Waals surface area contributed by atoms with Crippen molar-refractivity contribution in [2.24, 2.45) is 5.92 Å². The summed E-state index contributed by atoms with van der Waals surface area (Å²) >= 11 is 1.50. The monoisotopic (exact) mass is 301 g/mol. The number of rotatable bonds is 5. The van der Waals surface area contributed by atoms with Crippen LogP contribution in [-0.4, -0.2) is 15.9 Å². The van der Waals surface area contributed by atoms with Gasteiger partial charge in [0, 0.05) is 18.1 Å². The van der Waals surface area contributed by atoms with Crippen LogP contribution in [0.4, 0.5) is 5.13 Å². The van der Waals surface area contributed by atoms with Gasteiger partial charge in [-0.2, -0.15) is 4.37 Å². The van der Waals surface area contributed by atoms with Gasteiger partial charge < -0.3 is 5.32 Å². The molecule has 3 rings (SSSR count). The first-order chi connectivity index (χ1) is 10.2. The Bertz CT molecular complexity index is 571. The van der Waals surface area contributed by atoms with E-state index in [-0.39, 0.29) is 5.41 Å². The van der Waals surface area contributed by atoms with Crippen molar-refractivity contribution < 1.29 is 0 Å². The van der Waals surface area contributed by atoms with Crippen molar-refractivity contribution in [3.63, 3.8) is 0 Å². The van der Waals surface area contributed by atoms with E-state index in [9.17, 15) is 0 Å². The highest BCUT2D eigenvalue weighted by Gasteiger charge is 2.40. The summed E-state index contributed by atoms with van der Waals surface area (Å²) in [5.41, 5.74) is 1.41. The Morgan fingerprint density at radius 1 is 1.19 bits per heavy atom. The lowest BCUT2D eigenvalue weighted by Gasteiger charge is -2.26.